The molecule has 1 aliphatic heterocycles. The summed E-state index contributed by atoms with van der Waals surface area (Å²) in [5.74, 6) is 1.69. The first-order valence-electron chi connectivity index (χ1n) is 8.19. The van der Waals surface area contributed by atoms with Crippen LogP contribution in [-0.4, -0.2) is 18.8 Å². The van der Waals surface area contributed by atoms with E-state index in [2.05, 4.69) is 24.5 Å². The predicted octanol–water partition coefficient (Wildman–Crippen LogP) is 3.67. The van der Waals surface area contributed by atoms with E-state index in [4.69, 9.17) is 0 Å². The average molecular weight is 252 g/mol. The van der Waals surface area contributed by atoms with Crippen molar-refractivity contribution in [1.29, 1.82) is 0 Å². The molecular formula is C16H32N2. The maximum Gasteiger partial charge on any atom is 0.0459 e. The molecule has 0 aromatic carbocycles. The van der Waals surface area contributed by atoms with E-state index in [0.717, 1.165) is 18.5 Å². The van der Waals surface area contributed by atoms with Crippen molar-refractivity contribution in [1.82, 2.24) is 10.6 Å². The van der Waals surface area contributed by atoms with Crippen molar-refractivity contribution in [2.24, 2.45) is 11.8 Å². The summed E-state index contributed by atoms with van der Waals surface area (Å²) < 4.78 is 0. The minimum Gasteiger partial charge on any atom is -0.303 e. The van der Waals surface area contributed by atoms with Crippen LogP contribution in [0.1, 0.15) is 71.6 Å². The molecule has 2 rings (SSSR count). The molecule has 1 unspecified atom stereocenters. The van der Waals surface area contributed by atoms with Gasteiger partial charge in [-0.3, -0.25) is 5.32 Å². The van der Waals surface area contributed by atoms with E-state index >= 15 is 0 Å². The molecule has 2 aliphatic rings. The normalized spacial score (nSPS) is 32.2. The van der Waals surface area contributed by atoms with Crippen molar-refractivity contribution in [3.63, 3.8) is 0 Å². The summed E-state index contributed by atoms with van der Waals surface area (Å²) in [5, 5.41) is 7.39. The van der Waals surface area contributed by atoms with Gasteiger partial charge in [0.15, 0.2) is 0 Å². The Bertz CT molecular complexity index is 221. The van der Waals surface area contributed by atoms with Gasteiger partial charge in [0.25, 0.3) is 0 Å². The summed E-state index contributed by atoms with van der Waals surface area (Å²) in [7, 11) is 0. The Hall–Kier alpha value is -0.0800. The topological polar surface area (TPSA) is 24.1 Å². The molecule has 0 amide bonds. The molecule has 1 saturated carbocycles. The number of rotatable bonds is 3. The Morgan fingerprint density at radius 2 is 1.61 bits per heavy atom. The molecule has 1 atom stereocenters. The van der Waals surface area contributed by atoms with E-state index in [0.29, 0.717) is 5.54 Å². The highest BCUT2D eigenvalue weighted by Crippen LogP contribution is 2.35. The standard InChI is InChI=1S/C16H32N2/c1-14(2)11-16(12-17-13-18-16)15-9-7-5-3-4-6-8-10-15/h14-15,17-18H,3-13H2,1-2H3. The van der Waals surface area contributed by atoms with Crippen molar-refractivity contribution in [2.45, 2.75) is 77.2 Å². The highest BCUT2D eigenvalue weighted by atomic mass is 15.2. The molecule has 18 heavy (non-hydrogen) atoms. The van der Waals surface area contributed by atoms with Gasteiger partial charge in [-0.1, -0.05) is 52.4 Å². The summed E-state index contributed by atoms with van der Waals surface area (Å²) in [6.45, 7) is 6.95. The zero-order chi connectivity index (χ0) is 12.8. The van der Waals surface area contributed by atoms with Crippen LogP contribution in [-0.2, 0) is 0 Å². The fourth-order valence-electron chi connectivity index (χ4n) is 4.10. The first-order valence-corrected chi connectivity index (χ1v) is 8.19. The monoisotopic (exact) mass is 252 g/mol. The predicted molar refractivity (Wildman–Crippen MR) is 78.6 cm³/mol. The highest BCUT2D eigenvalue weighted by molar-refractivity contribution is 5.00. The first-order chi connectivity index (χ1) is 8.73. The molecule has 0 aromatic rings. The van der Waals surface area contributed by atoms with Gasteiger partial charge >= 0.3 is 0 Å². The molecule has 0 bridgehead atoms. The van der Waals surface area contributed by atoms with Crippen molar-refractivity contribution in [3.05, 3.63) is 0 Å². The molecule has 2 fully saturated rings. The first kappa shape index (κ1) is 14.3. The van der Waals surface area contributed by atoms with E-state index < -0.39 is 0 Å². The zero-order valence-corrected chi connectivity index (χ0v) is 12.4. The van der Waals surface area contributed by atoms with Crippen LogP contribution in [0.5, 0.6) is 0 Å². The van der Waals surface area contributed by atoms with Crippen LogP contribution in [0.25, 0.3) is 0 Å². The van der Waals surface area contributed by atoms with Crippen LogP contribution < -0.4 is 10.6 Å². The minimum absolute atomic E-state index is 0.401. The van der Waals surface area contributed by atoms with E-state index in [-0.39, 0.29) is 0 Å². The van der Waals surface area contributed by atoms with Crippen LogP contribution in [0.4, 0.5) is 0 Å². The van der Waals surface area contributed by atoms with Gasteiger partial charge in [0.2, 0.25) is 0 Å². The lowest BCUT2D eigenvalue weighted by atomic mass is 9.74. The van der Waals surface area contributed by atoms with E-state index in [1.807, 2.05) is 0 Å². The molecule has 2 nitrogen and oxygen atoms in total. The molecule has 106 valence electrons. The second-order valence-electron chi connectivity index (χ2n) is 6.93. The van der Waals surface area contributed by atoms with Gasteiger partial charge in [-0.2, -0.15) is 0 Å². The summed E-state index contributed by atoms with van der Waals surface area (Å²) in [6, 6.07) is 0. The van der Waals surface area contributed by atoms with Crippen LogP contribution in [0.15, 0.2) is 0 Å². The molecule has 2 heteroatoms. The fraction of sp³-hybridized carbons (Fsp3) is 1.00. The van der Waals surface area contributed by atoms with Gasteiger partial charge in [0, 0.05) is 18.8 Å². The quantitative estimate of drug-likeness (QED) is 0.801. The Labute approximate surface area is 113 Å². The SMILES string of the molecule is CC(C)CC1(C2CCCCCCCC2)CNCN1. The van der Waals surface area contributed by atoms with Crippen molar-refractivity contribution >= 4 is 0 Å². The lowest BCUT2D eigenvalue weighted by Crippen LogP contribution is -2.50. The summed E-state index contributed by atoms with van der Waals surface area (Å²) in [4.78, 5) is 0. The van der Waals surface area contributed by atoms with E-state index in [9.17, 15) is 0 Å². The van der Waals surface area contributed by atoms with Crippen molar-refractivity contribution in [2.75, 3.05) is 13.2 Å². The summed E-state index contributed by atoms with van der Waals surface area (Å²) >= 11 is 0. The van der Waals surface area contributed by atoms with Crippen LogP contribution in [0.2, 0.25) is 0 Å². The second kappa shape index (κ2) is 6.91. The molecule has 1 aliphatic carbocycles. The third-order valence-electron chi connectivity index (χ3n) is 4.92. The largest absolute Gasteiger partial charge is 0.303 e. The van der Waals surface area contributed by atoms with Crippen LogP contribution >= 0.6 is 0 Å². The van der Waals surface area contributed by atoms with Crippen LogP contribution in [0, 0.1) is 11.8 Å². The number of nitrogens with one attached hydrogen (secondary N) is 2. The maximum atomic E-state index is 3.83. The third kappa shape index (κ3) is 3.71. The average Bonchev–Trinajstić information content (AvgIpc) is 2.81. The molecule has 2 N–H and O–H groups in total. The molecule has 1 saturated heterocycles. The second-order valence-corrected chi connectivity index (χ2v) is 6.93. The fourth-order valence-corrected chi connectivity index (χ4v) is 4.10. The van der Waals surface area contributed by atoms with Gasteiger partial charge in [-0.15, -0.1) is 0 Å². The highest BCUT2D eigenvalue weighted by Gasteiger charge is 2.40. The molecule has 0 aromatic heterocycles. The van der Waals surface area contributed by atoms with Gasteiger partial charge in [0.1, 0.15) is 0 Å². The van der Waals surface area contributed by atoms with Crippen molar-refractivity contribution < 1.29 is 0 Å². The number of hydrogen-bond donors (Lipinski definition) is 2. The Morgan fingerprint density at radius 3 is 2.11 bits per heavy atom. The Morgan fingerprint density at radius 1 is 1.00 bits per heavy atom. The lowest BCUT2D eigenvalue weighted by molar-refractivity contribution is 0.184. The zero-order valence-electron chi connectivity index (χ0n) is 12.4. The third-order valence-corrected chi connectivity index (χ3v) is 4.92. The summed E-state index contributed by atoms with van der Waals surface area (Å²) in [6.07, 6.45) is 13.0. The lowest BCUT2D eigenvalue weighted by Gasteiger charge is -2.39. The van der Waals surface area contributed by atoms with Gasteiger partial charge in [-0.25, -0.2) is 0 Å². The summed E-state index contributed by atoms with van der Waals surface area (Å²) in [5.41, 5.74) is 0.401. The Balaban J connectivity index is 2.02. The van der Waals surface area contributed by atoms with Gasteiger partial charge in [0.05, 0.1) is 0 Å². The van der Waals surface area contributed by atoms with Gasteiger partial charge < -0.3 is 5.32 Å². The minimum atomic E-state index is 0.401. The Kier molecular flexibility index (Phi) is 5.50. The van der Waals surface area contributed by atoms with E-state index in [1.54, 1.807) is 0 Å². The maximum absolute atomic E-state index is 3.83. The van der Waals surface area contributed by atoms with Crippen LogP contribution in [0.3, 0.4) is 0 Å². The smallest absolute Gasteiger partial charge is 0.0459 e. The van der Waals surface area contributed by atoms with Crippen molar-refractivity contribution in [3.8, 4) is 0 Å². The molecule has 1 heterocycles. The molecule has 0 radical (unpaired) electrons. The van der Waals surface area contributed by atoms with E-state index in [1.165, 1.54) is 64.3 Å². The number of hydrogen-bond acceptors (Lipinski definition) is 2. The van der Waals surface area contributed by atoms with Gasteiger partial charge in [-0.05, 0) is 31.1 Å². The molecule has 0 spiro atoms. The molecular weight excluding hydrogens is 220 g/mol.